The number of phenols is 3. The molecular formula is C20H29N3O7. The van der Waals surface area contributed by atoms with Crippen molar-refractivity contribution in [2.24, 2.45) is 5.92 Å². The molecule has 30 heavy (non-hydrogen) atoms. The highest BCUT2D eigenvalue weighted by Gasteiger charge is 2.24. The highest BCUT2D eigenvalue weighted by molar-refractivity contribution is 5.95. The molecule has 1 fully saturated rings. The number of piperidine rings is 1. The Hall–Kier alpha value is -3.17. The molecule has 1 heterocycles. The third-order valence-corrected chi connectivity index (χ3v) is 4.63. The van der Waals surface area contributed by atoms with Crippen LogP contribution in [0.15, 0.2) is 12.1 Å². The zero-order valence-corrected chi connectivity index (χ0v) is 17.4. The van der Waals surface area contributed by atoms with Gasteiger partial charge in [-0.2, -0.15) is 0 Å². The first kappa shape index (κ1) is 23.1. The average Bonchev–Trinajstić information content (AvgIpc) is 2.67. The number of rotatable bonds is 5. The highest BCUT2D eigenvalue weighted by Crippen LogP contribution is 2.35. The molecule has 2 rings (SSSR count). The molecular weight excluding hydrogens is 394 g/mol. The van der Waals surface area contributed by atoms with Crippen LogP contribution in [0.1, 0.15) is 44.0 Å². The van der Waals surface area contributed by atoms with Crippen molar-refractivity contribution in [1.82, 2.24) is 15.5 Å². The molecule has 0 radical (unpaired) electrons. The quantitative estimate of drug-likeness (QED) is 0.448. The zero-order chi connectivity index (χ0) is 22.5. The van der Waals surface area contributed by atoms with Gasteiger partial charge in [0.05, 0.1) is 0 Å². The van der Waals surface area contributed by atoms with Crippen molar-refractivity contribution in [1.29, 1.82) is 0 Å². The summed E-state index contributed by atoms with van der Waals surface area (Å²) in [5.74, 6) is -2.35. The molecule has 1 aliphatic heterocycles. The Morgan fingerprint density at radius 3 is 2.17 bits per heavy atom. The molecule has 166 valence electrons. The van der Waals surface area contributed by atoms with E-state index in [2.05, 4.69) is 10.6 Å². The number of hydrogen-bond donors (Lipinski definition) is 5. The maximum atomic E-state index is 12.2. The SMILES string of the molecule is CC(C)(C)OC(=O)NCC(=O)N1CCC(CNC(=O)c2cc(O)c(O)c(O)c2)CC1. The van der Waals surface area contributed by atoms with Crippen LogP contribution in [0.4, 0.5) is 4.79 Å². The van der Waals surface area contributed by atoms with E-state index in [1.165, 1.54) is 0 Å². The summed E-state index contributed by atoms with van der Waals surface area (Å²) in [7, 11) is 0. The molecule has 0 atom stereocenters. The number of carbonyl (C=O) groups is 3. The van der Waals surface area contributed by atoms with E-state index in [-0.39, 0.29) is 23.9 Å². The second-order valence-corrected chi connectivity index (χ2v) is 8.25. The predicted molar refractivity (Wildman–Crippen MR) is 107 cm³/mol. The van der Waals surface area contributed by atoms with E-state index in [9.17, 15) is 29.7 Å². The summed E-state index contributed by atoms with van der Waals surface area (Å²) in [6.45, 7) is 6.48. The Bertz CT molecular complexity index is 773. The Balaban J connectivity index is 1.73. The van der Waals surface area contributed by atoms with Crippen LogP contribution in [0, 0.1) is 5.92 Å². The molecule has 0 aliphatic carbocycles. The molecule has 0 saturated carbocycles. The van der Waals surface area contributed by atoms with Crippen molar-refractivity contribution in [3.05, 3.63) is 17.7 Å². The summed E-state index contributed by atoms with van der Waals surface area (Å²) in [6.07, 6.45) is 0.731. The minimum Gasteiger partial charge on any atom is -0.504 e. The van der Waals surface area contributed by atoms with E-state index in [1.54, 1.807) is 25.7 Å². The van der Waals surface area contributed by atoms with Crippen LogP contribution in [0.25, 0.3) is 0 Å². The lowest BCUT2D eigenvalue weighted by Gasteiger charge is -2.32. The summed E-state index contributed by atoms with van der Waals surface area (Å²) >= 11 is 0. The second-order valence-electron chi connectivity index (χ2n) is 8.25. The van der Waals surface area contributed by atoms with Crippen LogP contribution < -0.4 is 10.6 Å². The number of phenolic OH excluding ortho intramolecular Hbond substituents is 3. The number of hydrogen-bond acceptors (Lipinski definition) is 7. The molecule has 3 amide bonds. The monoisotopic (exact) mass is 423 g/mol. The number of benzene rings is 1. The molecule has 5 N–H and O–H groups in total. The van der Waals surface area contributed by atoms with E-state index in [0.29, 0.717) is 32.5 Å². The van der Waals surface area contributed by atoms with Gasteiger partial charge in [-0.05, 0) is 51.7 Å². The summed E-state index contributed by atoms with van der Waals surface area (Å²) in [5.41, 5.74) is -0.600. The number of nitrogens with one attached hydrogen (secondary N) is 2. The van der Waals surface area contributed by atoms with Crippen molar-refractivity contribution in [3.8, 4) is 17.2 Å². The van der Waals surface area contributed by atoms with E-state index < -0.39 is 34.9 Å². The first-order valence-electron chi connectivity index (χ1n) is 9.74. The van der Waals surface area contributed by atoms with Gasteiger partial charge in [0.1, 0.15) is 12.1 Å². The Morgan fingerprint density at radius 1 is 1.07 bits per heavy atom. The first-order chi connectivity index (χ1) is 14.0. The van der Waals surface area contributed by atoms with E-state index >= 15 is 0 Å². The zero-order valence-electron chi connectivity index (χ0n) is 17.4. The van der Waals surface area contributed by atoms with Crippen LogP contribution in [0.3, 0.4) is 0 Å². The van der Waals surface area contributed by atoms with E-state index in [0.717, 1.165) is 12.1 Å². The van der Waals surface area contributed by atoms with E-state index in [1.807, 2.05) is 0 Å². The normalized spacial score (nSPS) is 14.8. The molecule has 1 aromatic rings. The van der Waals surface area contributed by atoms with Crippen LogP contribution in [-0.2, 0) is 9.53 Å². The van der Waals surface area contributed by atoms with Gasteiger partial charge in [-0.1, -0.05) is 0 Å². The largest absolute Gasteiger partial charge is 0.504 e. The number of likely N-dealkylation sites (tertiary alicyclic amines) is 1. The van der Waals surface area contributed by atoms with Crippen molar-refractivity contribution in [2.45, 2.75) is 39.2 Å². The average molecular weight is 423 g/mol. The third-order valence-electron chi connectivity index (χ3n) is 4.63. The first-order valence-corrected chi connectivity index (χ1v) is 9.74. The van der Waals surface area contributed by atoms with Crippen LogP contribution >= 0.6 is 0 Å². The predicted octanol–water partition coefficient (Wildman–Crippen LogP) is 1.30. The lowest BCUT2D eigenvalue weighted by molar-refractivity contribution is -0.131. The maximum absolute atomic E-state index is 12.2. The molecule has 0 bridgehead atoms. The number of ether oxygens (including phenoxy) is 1. The molecule has 1 aliphatic rings. The highest BCUT2D eigenvalue weighted by atomic mass is 16.6. The Kier molecular flexibility index (Phi) is 7.36. The van der Waals surface area contributed by atoms with Gasteiger partial charge in [0, 0.05) is 25.2 Å². The standard InChI is InChI=1S/C20H29N3O7/c1-20(2,3)30-19(29)22-11-16(26)23-6-4-12(5-7-23)10-21-18(28)13-8-14(24)17(27)15(25)9-13/h8-9,12,24-25,27H,4-7,10-11H2,1-3H3,(H,21,28)(H,22,29). The number of nitrogens with zero attached hydrogens (tertiary/aromatic N) is 1. The Morgan fingerprint density at radius 2 is 1.63 bits per heavy atom. The minimum atomic E-state index is -0.676. The molecule has 1 aromatic carbocycles. The molecule has 1 saturated heterocycles. The molecule has 10 heteroatoms. The van der Waals surface area contributed by atoms with Gasteiger partial charge >= 0.3 is 6.09 Å². The lowest BCUT2D eigenvalue weighted by Crippen LogP contribution is -2.46. The van der Waals surface area contributed by atoms with Crippen LogP contribution in [0.5, 0.6) is 17.2 Å². The number of carbonyl (C=O) groups excluding carboxylic acids is 3. The van der Waals surface area contributed by atoms with E-state index in [4.69, 9.17) is 4.74 Å². The lowest BCUT2D eigenvalue weighted by atomic mass is 9.96. The van der Waals surface area contributed by atoms with Crippen LogP contribution in [-0.4, -0.2) is 69.9 Å². The van der Waals surface area contributed by atoms with Crippen molar-refractivity contribution >= 4 is 17.9 Å². The molecule has 0 spiro atoms. The van der Waals surface area contributed by atoms with Crippen molar-refractivity contribution < 1.29 is 34.4 Å². The fourth-order valence-electron chi connectivity index (χ4n) is 3.03. The molecule has 10 nitrogen and oxygen atoms in total. The summed E-state index contributed by atoms with van der Waals surface area (Å²) in [6, 6.07) is 2.15. The number of aromatic hydroxyl groups is 3. The fraction of sp³-hybridized carbons (Fsp3) is 0.550. The topological polar surface area (TPSA) is 148 Å². The second kappa shape index (κ2) is 9.55. The summed E-state index contributed by atoms with van der Waals surface area (Å²) in [4.78, 5) is 37.7. The van der Waals surface area contributed by atoms with Crippen molar-refractivity contribution in [2.75, 3.05) is 26.2 Å². The molecule has 0 unspecified atom stereocenters. The van der Waals surface area contributed by atoms with Gasteiger partial charge in [0.25, 0.3) is 5.91 Å². The van der Waals surface area contributed by atoms with Gasteiger partial charge in [-0.3, -0.25) is 9.59 Å². The fourth-order valence-corrected chi connectivity index (χ4v) is 3.03. The van der Waals surface area contributed by atoms with Gasteiger partial charge in [0.2, 0.25) is 5.91 Å². The number of amides is 3. The Labute approximate surface area is 174 Å². The van der Waals surface area contributed by atoms with Gasteiger partial charge in [-0.15, -0.1) is 0 Å². The smallest absolute Gasteiger partial charge is 0.408 e. The maximum Gasteiger partial charge on any atom is 0.408 e. The van der Waals surface area contributed by atoms with Gasteiger partial charge < -0.3 is 35.6 Å². The van der Waals surface area contributed by atoms with Crippen molar-refractivity contribution in [3.63, 3.8) is 0 Å². The summed E-state index contributed by atoms with van der Waals surface area (Å²) in [5, 5.41) is 33.5. The molecule has 0 aromatic heterocycles. The third kappa shape index (κ3) is 6.71. The van der Waals surface area contributed by atoms with Gasteiger partial charge in [0.15, 0.2) is 17.2 Å². The minimum absolute atomic E-state index is 0.0311. The summed E-state index contributed by atoms with van der Waals surface area (Å²) < 4.78 is 5.10. The van der Waals surface area contributed by atoms with Gasteiger partial charge in [-0.25, -0.2) is 4.79 Å². The van der Waals surface area contributed by atoms with Crippen LogP contribution in [0.2, 0.25) is 0 Å². The number of alkyl carbamates (subject to hydrolysis) is 1.